The number of benzene rings is 1. The van der Waals surface area contributed by atoms with Crippen LogP contribution in [0.4, 0.5) is 19.3 Å². The molecule has 0 aromatic heterocycles. The minimum atomic E-state index is -2.74. The number of carbonyl (C=O) groups excluding carboxylic acids is 4. The average molecular weight is 421 g/mol. The molecule has 10 heteroatoms. The Kier molecular flexibility index (Phi) is 4.89. The summed E-state index contributed by atoms with van der Waals surface area (Å²) in [5.41, 5.74) is 2.29. The number of nitrogens with one attached hydrogen (secondary N) is 2. The van der Waals surface area contributed by atoms with Crippen molar-refractivity contribution in [1.29, 1.82) is 0 Å². The van der Waals surface area contributed by atoms with E-state index in [4.69, 9.17) is 0 Å². The number of thioether (sulfide) groups is 1. The Bertz CT molecular complexity index is 964. The van der Waals surface area contributed by atoms with Gasteiger partial charge in [0.2, 0.25) is 11.8 Å². The second kappa shape index (κ2) is 7.25. The number of imide groups is 1. The summed E-state index contributed by atoms with van der Waals surface area (Å²) in [5, 5.41) is 4.69. The van der Waals surface area contributed by atoms with Crippen molar-refractivity contribution in [2.45, 2.75) is 38.2 Å². The molecular formula is C19H17F2N3O4S. The summed E-state index contributed by atoms with van der Waals surface area (Å²) in [7, 11) is 0. The third-order valence-electron chi connectivity index (χ3n) is 5.13. The molecule has 4 amide bonds. The van der Waals surface area contributed by atoms with Crippen LogP contribution < -0.4 is 10.6 Å². The molecule has 2 aliphatic heterocycles. The Morgan fingerprint density at radius 2 is 1.93 bits per heavy atom. The molecule has 152 valence electrons. The molecule has 1 aromatic carbocycles. The quantitative estimate of drug-likeness (QED) is 0.732. The molecule has 0 spiro atoms. The minimum Gasteiger partial charge on any atom is -0.348 e. The second-order valence-electron chi connectivity index (χ2n) is 7.15. The zero-order chi connectivity index (χ0) is 20.8. The van der Waals surface area contributed by atoms with Crippen molar-refractivity contribution >= 4 is 40.4 Å². The number of rotatable bonds is 3. The summed E-state index contributed by atoms with van der Waals surface area (Å²) < 4.78 is 26.7. The van der Waals surface area contributed by atoms with Crippen LogP contribution in [0.2, 0.25) is 0 Å². The number of halogens is 2. The summed E-state index contributed by atoms with van der Waals surface area (Å²) in [6.07, 6.45) is -0.555. The van der Waals surface area contributed by atoms with Crippen molar-refractivity contribution in [2.75, 3.05) is 11.9 Å². The van der Waals surface area contributed by atoms with Crippen molar-refractivity contribution in [3.63, 3.8) is 0 Å². The highest BCUT2D eigenvalue weighted by atomic mass is 32.2. The molecule has 0 bridgehead atoms. The maximum atomic E-state index is 13.3. The van der Waals surface area contributed by atoms with Gasteiger partial charge in [-0.05, 0) is 48.4 Å². The van der Waals surface area contributed by atoms with Crippen molar-refractivity contribution < 1.29 is 28.0 Å². The molecule has 0 unspecified atom stereocenters. The lowest BCUT2D eigenvalue weighted by Gasteiger charge is -2.24. The SMILES string of the molecule is O=C(CN1C(=O)SC(=C2CCC(F)(F)CC2)C1=O)Nc1ccc2c(c1)CNC2=O. The van der Waals surface area contributed by atoms with Crippen molar-refractivity contribution in [1.82, 2.24) is 10.2 Å². The van der Waals surface area contributed by atoms with Crippen molar-refractivity contribution in [2.24, 2.45) is 0 Å². The second-order valence-corrected chi connectivity index (χ2v) is 8.11. The van der Waals surface area contributed by atoms with Crippen molar-refractivity contribution in [3.05, 3.63) is 39.8 Å². The van der Waals surface area contributed by atoms with E-state index in [0.29, 0.717) is 35.1 Å². The number of nitrogens with zero attached hydrogens (tertiary/aromatic N) is 1. The molecule has 0 atom stereocenters. The van der Waals surface area contributed by atoms with Gasteiger partial charge >= 0.3 is 0 Å². The van der Waals surface area contributed by atoms with Crippen LogP contribution in [-0.4, -0.2) is 40.3 Å². The monoisotopic (exact) mass is 421 g/mol. The normalized spacial score (nSPS) is 20.8. The van der Waals surface area contributed by atoms with E-state index >= 15 is 0 Å². The Morgan fingerprint density at radius 1 is 1.21 bits per heavy atom. The van der Waals surface area contributed by atoms with Gasteiger partial charge in [-0.15, -0.1) is 0 Å². The van der Waals surface area contributed by atoms with Crippen LogP contribution in [-0.2, 0) is 16.1 Å². The highest BCUT2D eigenvalue weighted by Crippen LogP contribution is 2.42. The first-order valence-corrected chi connectivity index (χ1v) is 9.90. The van der Waals surface area contributed by atoms with E-state index < -0.39 is 29.5 Å². The van der Waals surface area contributed by atoms with Crippen LogP contribution in [0.1, 0.15) is 41.6 Å². The molecule has 3 aliphatic rings. The van der Waals surface area contributed by atoms with Gasteiger partial charge in [-0.3, -0.25) is 24.1 Å². The van der Waals surface area contributed by atoms with E-state index in [-0.39, 0.29) is 36.5 Å². The molecule has 0 radical (unpaired) electrons. The summed E-state index contributed by atoms with van der Waals surface area (Å²) in [5.74, 6) is -4.09. The van der Waals surface area contributed by atoms with E-state index in [2.05, 4.69) is 10.6 Å². The molecule has 1 aromatic rings. The zero-order valence-electron chi connectivity index (χ0n) is 15.2. The fourth-order valence-corrected chi connectivity index (χ4v) is 4.53. The van der Waals surface area contributed by atoms with E-state index in [1.165, 1.54) is 0 Å². The predicted molar refractivity (Wildman–Crippen MR) is 101 cm³/mol. The maximum absolute atomic E-state index is 13.3. The lowest BCUT2D eigenvalue weighted by Crippen LogP contribution is -2.36. The topological polar surface area (TPSA) is 95.6 Å². The Hall–Kier alpha value is -2.75. The lowest BCUT2D eigenvalue weighted by atomic mass is 9.91. The van der Waals surface area contributed by atoms with Crippen LogP contribution in [0.5, 0.6) is 0 Å². The maximum Gasteiger partial charge on any atom is 0.294 e. The average Bonchev–Trinajstić information content (AvgIpc) is 3.16. The van der Waals surface area contributed by atoms with Crippen LogP contribution >= 0.6 is 11.8 Å². The number of hydrogen-bond donors (Lipinski definition) is 2. The zero-order valence-corrected chi connectivity index (χ0v) is 16.0. The van der Waals surface area contributed by atoms with Gasteiger partial charge in [0, 0.05) is 30.6 Å². The van der Waals surface area contributed by atoms with Gasteiger partial charge in [0.05, 0.1) is 4.91 Å². The number of alkyl halides is 2. The highest BCUT2D eigenvalue weighted by Gasteiger charge is 2.41. The Labute approximate surface area is 168 Å². The highest BCUT2D eigenvalue weighted by molar-refractivity contribution is 8.18. The lowest BCUT2D eigenvalue weighted by molar-refractivity contribution is -0.127. The number of allylic oxidation sites excluding steroid dienone is 1. The molecule has 1 aliphatic carbocycles. The molecule has 7 nitrogen and oxygen atoms in total. The van der Waals surface area contributed by atoms with Gasteiger partial charge in [-0.1, -0.05) is 5.57 Å². The van der Waals surface area contributed by atoms with Gasteiger partial charge in [-0.2, -0.15) is 0 Å². The van der Waals surface area contributed by atoms with Gasteiger partial charge in [0.25, 0.3) is 17.1 Å². The van der Waals surface area contributed by atoms with Crippen LogP contribution in [0.3, 0.4) is 0 Å². The minimum absolute atomic E-state index is 0.0657. The first-order chi connectivity index (χ1) is 13.7. The fraction of sp³-hybridized carbons (Fsp3) is 0.368. The number of anilines is 1. The van der Waals surface area contributed by atoms with Crippen molar-refractivity contribution in [3.8, 4) is 0 Å². The Balaban J connectivity index is 1.42. The standard InChI is InChI=1S/C19H17F2N3O4S/c20-19(21)5-3-10(4-6-19)15-17(27)24(18(28)29-15)9-14(25)23-12-1-2-13-11(7-12)8-22-16(13)26/h1-2,7H,3-6,8-9H2,(H,22,26)(H,23,25). The van der Waals surface area contributed by atoms with E-state index in [1.807, 2.05) is 0 Å². The summed E-state index contributed by atoms with van der Waals surface area (Å²) >= 11 is 0.700. The molecule has 2 heterocycles. The molecule has 29 heavy (non-hydrogen) atoms. The third-order valence-corrected chi connectivity index (χ3v) is 6.19. The van der Waals surface area contributed by atoms with Gasteiger partial charge in [0.15, 0.2) is 0 Å². The van der Waals surface area contributed by atoms with E-state index in [0.717, 1.165) is 10.5 Å². The van der Waals surface area contributed by atoms with Gasteiger partial charge in [-0.25, -0.2) is 8.78 Å². The number of amides is 4. The summed E-state index contributed by atoms with van der Waals surface area (Å²) in [4.78, 5) is 49.7. The first kappa shape index (κ1) is 19.6. The predicted octanol–water partition coefficient (Wildman–Crippen LogP) is 3.03. The van der Waals surface area contributed by atoms with Crippen LogP contribution in [0.25, 0.3) is 0 Å². The van der Waals surface area contributed by atoms with E-state index in [1.54, 1.807) is 18.2 Å². The van der Waals surface area contributed by atoms with Gasteiger partial charge in [0.1, 0.15) is 6.54 Å². The fourth-order valence-electron chi connectivity index (χ4n) is 3.55. The van der Waals surface area contributed by atoms with Crippen LogP contribution in [0.15, 0.2) is 28.7 Å². The summed E-state index contributed by atoms with van der Waals surface area (Å²) in [6.45, 7) is -0.0978. The molecular weight excluding hydrogens is 404 g/mol. The molecule has 1 saturated heterocycles. The third kappa shape index (κ3) is 3.89. The number of hydrogen-bond acceptors (Lipinski definition) is 5. The van der Waals surface area contributed by atoms with Crippen LogP contribution in [0, 0.1) is 0 Å². The van der Waals surface area contributed by atoms with Gasteiger partial charge < -0.3 is 10.6 Å². The smallest absolute Gasteiger partial charge is 0.294 e. The number of carbonyl (C=O) groups is 4. The molecule has 2 fully saturated rings. The molecule has 1 saturated carbocycles. The largest absolute Gasteiger partial charge is 0.348 e. The molecule has 2 N–H and O–H groups in total. The summed E-state index contributed by atoms with van der Waals surface area (Å²) in [6, 6.07) is 4.82. The van der Waals surface area contributed by atoms with E-state index in [9.17, 15) is 28.0 Å². The first-order valence-electron chi connectivity index (χ1n) is 9.08. The number of fused-ring (bicyclic) bond motifs is 1. The molecule has 4 rings (SSSR count). The Morgan fingerprint density at radius 3 is 2.66 bits per heavy atom.